The molecular formula is C16H19FN6O3. The van der Waals surface area contributed by atoms with E-state index in [0.717, 1.165) is 6.54 Å². The minimum absolute atomic E-state index is 0.331. The van der Waals surface area contributed by atoms with E-state index in [2.05, 4.69) is 21.3 Å². The van der Waals surface area contributed by atoms with Gasteiger partial charge in [0.25, 0.3) is 0 Å². The third kappa shape index (κ3) is 3.41. The Hall–Kier alpha value is -2.85. The molecule has 26 heavy (non-hydrogen) atoms. The Morgan fingerprint density at radius 3 is 3.00 bits per heavy atom. The van der Waals surface area contributed by atoms with Crippen LogP contribution < -0.4 is 26.0 Å². The molecule has 1 atom stereocenters. The van der Waals surface area contributed by atoms with E-state index in [9.17, 15) is 9.18 Å². The number of hydrazine groups is 1. The molecule has 0 unspecified atom stereocenters. The molecule has 0 aliphatic carbocycles. The van der Waals surface area contributed by atoms with Gasteiger partial charge in [0.1, 0.15) is 18.2 Å². The van der Waals surface area contributed by atoms with Crippen LogP contribution in [0.3, 0.4) is 0 Å². The predicted octanol–water partition coefficient (Wildman–Crippen LogP) is 1.12. The highest BCUT2D eigenvalue weighted by Crippen LogP contribution is 2.28. The van der Waals surface area contributed by atoms with Gasteiger partial charge in [-0.3, -0.25) is 10.3 Å². The molecule has 10 heteroatoms. The van der Waals surface area contributed by atoms with Crippen LogP contribution in [0.25, 0.3) is 0 Å². The molecule has 1 aromatic carbocycles. The predicted molar refractivity (Wildman–Crippen MR) is 92.4 cm³/mol. The Morgan fingerprint density at radius 1 is 1.35 bits per heavy atom. The number of ether oxygens (including phenoxy) is 1. The molecule has 2 aliphatic heterocycles. The summed E-state index contributed by atoms with van der Waals surface area (Å²) in [5, 5.41) is 6.76. The van der Waals surface area contributed by atoms with Crippen LogP contribution in [0.4, 0.5) is 26.4 Å². The number of hydrogen-bond donors (Lipinski definition) is 3. The number of benzene rings is 1. The zero-order chi connectivity index (χ0) is 17.9. The van der Waals surface area contributed by atoms with Crippen molar-refractivity contribution >= 4 is 23.3 Å². The van der Waals surface area contributed by atoms with E-state index in [-0.39, 0.29) is 11.9 Å². The zero-order valence-corrected chi connectivity index (χ0v) is 13.9. The van der Waals surface area contributed by atoms with Gasteiger partial charge in [-0.15, -0.1) is 0 Å². The van der Waals surface area contributed by atoms with E-state index in [1.165, 1.54) is 17.2 Å². The maximum atomic E-state index is 14.5. The topological polar surface area (TPSA) is 94.9 Å². The van der Waals surface area contributed by atoms with Crippen molar-refractivity contribution in [3.63, 3.8) is 0 Å². The molecule has 2 aliphatic rings. The molecule has 0 spiro atoms. The maximum Gasteiger partial charge on any atom is 0.414 e. The van der Waals surface area contributed by atoms with Crippen LogP contribution in [0.2, 0.25) is 0 Å². The van der Waals surface area contributed by atoms with Gasteiger partial charge < -0.3 is 19.5 Å². The summed E-state index contributed by atoms with van der Waals surface area (Å²) in [7, 11) is 0. The SMILES string of the molecule is O=C1O[C@@H](CNc2ccon2)CN1c1ccc(N2CCNNC2)c(F)c1. The summed E-state index contributed by atoms with van der Waals surface area (Å²) in [6, 6.07) is 6.46. The van der Waals surface area contributed by atoms with Crippen molar-refractivity contribution in [1.29, 1.82) is 0 Å². The van der Waals surface area contributed by atoms with E-state index >= 15 is 0 Å². The van der Waals surface area contributed by atoms with Crippen LogP contribution >= 0.6 is 0 Å². The third-order valence-electron chi connectivity index (χ3n) is 4.31. The molecule has 4 rings (SSSR count). The van der Waals surface area contributed by atoms with Gasteiger partial charge in [-0.05, 0) is 18.2 Å². The highest BCUT2D eigenvalue weighted by atomic mass is 19.1. The lowest BCUT2D eigenvalue weighted by molar-refractivity contribution is 0.147. The summed E-state index contributed by atoms with van der Waals surface area (Å²) < 4.78 is 24.6. The lowest BCUT2D eigenvalue weighted by atomic mass is 10.2. The summed E-state index contributed by atoms with van der Waals surface area (Å²) in [6.45, 7) is 2.65. The summed E-state index contributed by atoms with van der Waals surface area (Å²) in [5.74, 6) is 0.197. The van der Waals surface area contributed by atoms with Crippen LogP contribution in [0.1, 0.15) is 0 Å². The minimum atomic E-state index is -0.493. The fourth-order valence-electron chi connectivity index (χ4n) is 3.00. The lowest BCUT2D eigenvalue weighted by Gasteiger charge is -2.30. The molecule has 3 N–H and O–H groups in total. The van der Waals surface area contributed by atoms with Crippen LogP contribution in [-0.2, 0) is 4.74 Å². The number of halogens is 1. The van der Waals surface area contributed by atoms with Crippen LogP contribution in [0, 0.1) is 5.82 Å². The van der Waals surface area contributed by atoms with Crippen LogP contribution in [0.15, 0.2) is 35.1 Å². The summed E-state index contributed by atoms with van der Waals surface area (Å²) in [6.07, 6.45) is 0.598. The van der Waals surface area contributed by atoms with E-state index in [4.69, 9.17) is 9.26 Å². The first-order valence-electron chi connectivity index (χ1n) is 8.33. The molecule has 9 nitrogen and oxygen atoms in total. The number of rotatable bonds is 5. The lowest BCUT2D eigenvalue weighted by Crippen LogP contribution is -2.52. The Labute approximate surface area is 149 Å². The third-order valence-corrected chi connectivity index (χ3v) is 4.31. The Kier molecular flexibility index (Phi) is 4.59. The Balaban J connectivity index is 1.41. The molecule has 2 fully saturated rings. The Morgan fingerprint density at radius 2 is 2.27 bits per heavy atom. The second kappa shape index (κ2) is 7.18. The summed E-state index contributed by atoms with van der Waals surface area (Å²) in [4.78, 5) is 15.5. The van der Waals surface area contributed by atoms with Crippen LogP contribution in [-0.4, -0.2) is 50.2 Å². The van der Waals surface area contributed by atoms with Gasteiger partial charge in [0.15, 0.2) is 5.82 Å². The van der Waals surface area contributed by atoms with Crippen molar-refractivity contribution < 1.29 is 18.4 Å². The molecule has 0 saturated carbocycles. The fraction of sp³-hybridized carbons (Fsp3) is 0.375. The monoisotopic (exact) mass is 362 g/mol. The van der Waals surface area contributed by atoms with Gasteiger partial charge >= 0.3 is 6.09 Å². The minimum Gasteiger partial charge on any atom is -0.442 e. The summed E-state index contributed by atoms with van der Waals surface area (Å²) in [5.41, 5.74) is 6.94. The number of amides is 1. The number of nitrogens with zero attached hydrogens (tertiary/aromatic N) is 3. The van der Waals surface area contributed by atoms with Crippen molar-refractivity contribution in [1.82, 2.24) is 16.0 Å². The first-order valence-corrected chi connectivity index (χ1v) is 8.33. The number of hydrogen-bond acceptors (Lipinski definition) is 8. The largest absolute Gasteiger partial charge is 0.442 e. The molecule has 138 valence electrons. The van der Waals surface area contributed by atoms with Gasteiger partial charge in [-0.2, -0.15) is 0 Å². The van der Waals surface area contributed by atoms with Gasteiger partial charge in [0.05, 0.1) is 31.1 Å². The molecule has 0 bridgehead atoms. The average Bonchev–Trinajstić information content (AvgIpc) is 3.30. The van der Waals surface area contributed by atoms with Crippen molar-refractivity contribution in [2.24, 2.45) is 0 Å². The van der Waals surface area contributed by atoms with Crippen molar-refractivity contribution in [3.8, 4) is 0 Å². The summed E-state index contributed by atoms with van der Waals surface area (Å²) >= 11 is 0. The second-order valence-corrected chi connectivity index (χ2v) is 6.04. The molecule has 0 radical (unpaired) electrons. The average molecular weight is 362 g/mol. The van der Waals surface area contributed by atoms with E-state index < -0.39 is 6.09 Å². The van der Waals surface area contributed by atoms with Crippen LogP contribution in [0.5, 0.6) is 0 Å². The van der Waals surface area contributed by atoms with E-state index in [0.29, 0.717) is 43.5 Å². The second-order valence-electron chi connectivity index (χ2n) is 6.04. The first kappa shape index (κ1) is 16.6. The number of carbonyl (C=O) groups excluding carboxylic acids is 1. The molecule has 2 saturated heterocycles. The van der Waals surface area contributed by atoms with Crippen molar-refractivity contribution in [3.05, 3.63) is 36.3 Å². The Bertz CT molecular complexity index is 765. The van der Waals surface area contributed by atoms with Gasteiger partial charge in [0, 0.05) is 19.2 Å². The van der Waals surface area contributed by atoms with Crippen molar-refractivity contribution in [2.75, 3.05) is 48.0 Å². The number of cyclic esters (lactones) is 1. The normalized spacial score (nSPS) is 20.3. The zero-order valence-electron chi connectivity index (χ0n) is 13.9. The highest BCUT2D eigenvalue weighted by molar-refractivity contribution is 5.90. The quantitative estimate of drug-likeness (QED) is 0.729. The van der Waals surface area contributed by atoms with Gasteiger partial charge in [-0.1, -0.05) is 5.16 Å². The molecule has 1 amide bonds. The van der Waals surface area contributed by atoms with E-state index in [1.807, 2.05) is 4.90 Å². The molecule has 3 heterocycles. The van der Waals surface area contributed by atoms with E-state index in [1.54, 1.807) is 18.2 Å². The molecule has 1 aromatic heterocycles. The van der Waals surface area contributed by atoms with Gasteiger partial charge in [-0.25, -0.2) is 14.6 Å². The molecular weight excluding hydrogens is 343 g/mol. The maximum absolute atomic E-state index is 14.5. The standard InChI is InChI=1S/C16H19FN6O3/c17-13-7-11(1-2-14(13)22-5-4-19-20-10-22)23-9-12(26-16(23)24)8-18-15-3-6-25-21-15/h1-3,6-7,12,19-20H,4-5,8-10H2,(H,18,21)/t12-/m0/s1. The first-order chi connectivity index (χ1) is 12.7. The highest BCUT2D eigenvalue weighted by Gasteiger charge is 2.33. The number of aromatic nitrogens is 1. The number of anilines is 3. The number of carbonyl (C=O) groups is 1. The number of nitrogens with one attached hydrogen (secondary N) is 3. The smallest absolute Gasteiger partial charge is 0.414 e. The van der Waals surface area contributed by atoms with Crippen molar-refractivity contribution in [2.45, 2.75) is 6.10 Å². The van der Waals surface area contributed by atoms with Gasteiger partial charge in [0.2, 0.25) is 0 Å². The fourth-order valence-corrected chi connectivity index (χ4v) is 3.00. The molecule has 2 aromatic rings.